The Labute approximate surface area is 110 Å². The SMILES string of the molecule is CCOC(=O)CCC(=O)Cc1cc(F)ccc1Cl. The number of carbonyl (C=O) groups excluding carboxylic acids is 2. The van der Waals surface area contributed by atoms with Crippen LogP contribution in [0.3, 0.4) is 0 Å². The van der Waals surface area contributed by atoms with E-state index in [9.17, 15) is 14.0 Å². The van der Waals surface area contributed by atoms with Gasteiger partial charge in [-0.2, -0.15) is 0 Å². The molecule has 3 nitrogen and oxygen atoms in total. The minimum absolute atomic E-state index is 0.0238. The molecule has 0 unspecified atom stereocenters. The molecule has 0 N–H and O–H groups in total. The van der Waals surface area contributed by atoms with E-state index < -0.39 is 11.8 Å². The van der Waals surface area contributed by atoms with Gasteiger partial charge in [-0.15, -0.1) is 0 Å². The van der Waals surface area contributed by atoms with Gasteiger partial charge in [-0.25, -0.2) is 4.39 Å². The van der Waals surface area contributed by atoms with Crippen molar-refractivity contribution >= 4 is 23.4 Å². The van der Waals surface area contributed by atoms with E-state index in [1.54, 1.807) is 6.92 Å². The van der Waals surface area contributed by atoms with Crippen LogP contribution in [0.15, 0.2) is 18.2 Å². The fourth-order valence-corrected chi connectivity index (χ4v) is 1.64. The molecule has 0 bridgehead atoms. The zero-order valence-electron chi connectivity index (χ0n) is 10.0. The molecule has 1 aromatic carbocycles. The molecule has 0 aliphatic carbocycles. The van der Waals surface area contributed by atoms with E-state index in [1.807, 2.05) is 0 Å². The summed E-state index contributed by atoms with van der Waals surface area (Å²) in [6.45, 7) is 2.00. The minimum Gasteiger partial charge on any atom is -0.466 e. The van der Waals surface area contributed by atoms with Crippen LogP contribution in [-0.4, -0.2) is 18.4 Å². The smallest absolute Gasteiger partial charge is 0.306 e. The summed E-state index contributed by atoms with van der Waals surface area (Å²) in [5.74, 6) is -1.01. The largest absolute Gasteiger partial charge is 0.466 e. The Morgan fingerprint density at radius 2 is 2.06 bits per heavy atom. The van der Waals surface area contributed by atoms with Crippen LogP contribution in [0.25, 0.3) is 0 Å². The van der Waals surface area contributed by atoms with Gasteiger partial charge in [-0.3, -0.25) is 9.59 Å². The number of hydrogen-bond donors (Lipinski definition) is 0. The summed E-state index contributed by atoms with van der Waals surface area (Å²) in [7, 11) is 0. The average Bonchev–Trinajstić information content (AvgIpc) is 2.32. The lowest BCUT2D eigenvalue weighted by molar-refractivity contribution is -0.144. The zero-order valence-corrected chi connectivity index (χ0v) is 10.8. The van der Waals surface area contributed by atoms with Crippen molar-refractivity contribution in [2.45, 2.75) is 26.2 Å². The van der Waals surface area contributed by atoms with Gasteiger partial charge in [0.15, 0.2) is 0 Å². The van der Waals surface area contributed by atoms with Crippen LogP contribution in [0.4, 0.5) is 4.39 Å². The maximum Gasteiger partial charge on any atom is 0.306 e. The molecule has 0 saturated carbocycles. The van der Waals surface area contributed by atoms with Crippen molar-refractivity contribution in [2.24, 2.45) is 0 Å². The van der Waals surface area contributed by atoms with Gasteiger partial charge in [0.25, 0.3) is 0 Å². The standard InChI is InChI=1S/C13H14ClFO3/c1-2-18-13(17)6-4-11(16)8-9-7-10(15)3-5-12(9)14/h3,5,7H,2,4,6,8H2,1H3. The lowest BCUT2D eigenvalue weighted by atomic mass is 10.1. The molecular weight excluding hydrogens is 259 g/mol. The van der Waals surface area contributed by atoms with Crippen molar-refractivity contribution in [2.75, 3.05) is 6.61 Å². The fourth-order valence-electron chi connectivity index (χ4n) is 1.45. The molecule has 98 valence electrons. The Morgan fingerprint density at radius 1 is 1.33 bits per heavy atom. The maximum atomic E-state index is 13.0. The number of rotatable bonds is 6. The van der Waals surface area contributed by atoms with Gasteiger partial charge in [-0.1, -0.05) is 11.6 Å². The molecule has 1 rings (SSSR count). The van der Waals surface area contributed by atoms with Crippen molar-refractivity contribution < 1.29 is 18.7 Å². The third-order valence-corrected chi connectivity index (χ3v) is 2.68. The van der Waals surface area contributed by atoms with E-state index in [2.05, 4.69) is 0 Å². The Hall–Kier alpha value is -1.42. The predicted molar refractivity (Wildman–Crippen MR) is 66.0 cm³/mol. The molecule has 0 spiro atoms. The van der Waals surface area contributed by atoms with Crippen LogP contribution in [-0.2, 0) is 20.7 Å². The number of ether oxygens (including phenoxy) is 1. The molecular formula is C13H14ClFO3. The summed E-state index contributed by atoms with van der Waals surface area (Å²) in [5, 5.41) is 0.348. The molecule has 0 aliphatic heterocycles. The van der Waals surface area contributed by atoms with E-state index in [0.29, 0.717) is 17.2 Å². The topological polar surface area (TPSA) is 43.4 Å². The molecule has 18 heavy (non-hydrogen) atoms. The summed E-state index contributed by atoms with van der Waals surface area (Å²) in [5.41, 5.74) is 0.436. The first-order valence-corrected chi connectivity index (χ1v) is 6.02. The number of halogens is 2. The van der Waals surface area contributed by atoms with Crippen LogP contribution in [0.5, 0.6) is 0 Å². The van der Waals surface area contributed by atoms with Crippen LogP contribution in [0.2, 0.25) is 5.02 Å². The van der Waals surface area contributed by atoms with Crippen molar-refractivity contribution in [3.8, 4) is 0 Å². The number of carbonyl (C=O) groups is 2. The lowest BCUT2D eigenvalue weighted by Gasteiger charge is -2.04. The van der Waals surface area contributed by atoms with E-state index in [4.69, 9.17) is 16.3 Å². The van der Waals surface area contributed by atoms with Crippen LogP contribution in [0, 0.1) is 5.82 Å². The third kappa shape index (κ3) is 4.84. The highest BCUT2D eigenvalue weighted by Crippen LogP contribution is 2.18. The lowest BCUT2D eigenvalue weighted by Crippen LogP contribution is -2.09. The molecule has 0 aliphatic rings. The monoisotopic (exact) mass is 272 g/mol. The molecule has 0 amide bonds. The van der Waals surface area contributed by atoms with Gasteiger partial charge >= 0.3 is 5.97 Å². The molecule has 0 atom stereocenters. The minimum atomic E-state index is -0.437. The van der Waals surface area contributed by atoms with Crippen LogP contribution in [0.1, 0.15) is 25.3 Å². The highest BCUT2D eigenvalue weighted by Gasteiger charge is 2.11. The first-order valence-electron chi connectivity index (χ1n) is 5.64. The quantitative estimate of drug-likeness (QED) is 0.748. The number of Topliss-reactive ketones (excluding diaryl/α,β-unsaturated/α-hetero) is 1. The molecule has 0 saturated heterocycles. The Balaban J connectivity index is 2.49. The first kappa shape index (κ1) is 14.6. The normalized spacial score (nSPS) is 10.2. The van der Waals surface area contributed by atoms with Gasteiger partial charge < -0.3 is 4.74 Å². The summed E-state index contributed by atoms with van der Waals surface area (Å²) in [6, 6.07) is 3.87. The summed E-state index contributed by atoms with van der Waals surface area (Å²) >= 11 is 5.84. The van der Waals surface area contributed by atoms with Gasteiger partial charge in [-0.05, 0) is 30.7 Å². The average molecular weight is 273 g/mol. The molecule has 0 heterocycles. The second-order valence-corrected chi connectivity index (χ2v) is 4.16. The van der Waals surface area contributed by atoms with E-state index in [-0.39, 0.29) is 25.0 Å². The Bertz CT molecular complexity index is 446. The number of hydrogen-bond acceptors (Lipinski definition) is 3. The molecule has 0 fully saturated rings. The number of ketones is 1. The second kappa shape index (κ2) is 7.11. The highest BCUT2D eigenvalue weighted by molar-refractivity contribution is 6.31. The van der Waals surface area contributed by atoms with E-state index >= 15 is 0 Å². The van der Waals surface area contributed by atoms with Crippen molar-refractivity contribution in [3.05, 3.63) is 34.6 Å². The number of benzene rings is 1. The maximum absolute atomic E-state index is 13.0. The van der Waals surface area contributed by atoms with Gasteiger partial charge in [0.05, 0.1) is 13.0 Å². The van der Waals surface area contributed by atoms with E-state index in [0.717, 1.165) is 0 Å². The Morgan fingerprint density at radius 3 is 2.72 bits per heavy atom. The summed E-state index contributed by atoms with van der Waals surface area (Å²) < 4.78 is 17.7. The highest BCUT2D eigenvalue weighted by atomic mass is 35.5. The molecule has 0 aromatic heterocycles. The first-order chi connectivity index (χ1) is 8.52. The van der Waals surface area contributed by atoms with Crippen molar-refractivity contribution in [3.63, 3.8) is 0 Å². The van der Waals surface area contributed by atoms with E-state index in [1.165, 1.54) is 18.2 Å². The summed E-state index contributed by atoms with van der Waals surface area (Å²) in [4.78, 5) is 22.7. The second-order valence-electron chi connectivity index (χ2n) is 3.76. The predicted octanol–water partition coefficient (Wildman–Crippen LogP) is 2.93. The van der Waals surface area contributed by atoms with Crippen LogP contribution >= 0.6 is 11.6 Å². The molecule has 1 aromatic rings. The van der Waals surface area contributed by atoms with Gasteiger partial charge in [0, 0.05) is 17.9 Å². The summed E-state index contributed by atoms with van der Waals surface area (Å²) in [6.07, 6.45) is 0.140. The molecule has 5 heteroatoms. The van der Waals surface area contributed by atoms with Crippen molar-refractivity contribution in [1.82, 2.24) is 0 Å². The zero-order chi connectivity index (χ0) is 13.5. The van der Waals surface area contributed by atoms with Crippen molar-refractivity contribution in [1.29, 1.82) is 0 Å². The van der Waals surface area contributed by atoms with Gasteiger partial charge in [0.1, 0.15) is 11.6 Å². The molecule has 0 radical (unpaired) electrons. The Kier molecular flexibility index (Phi) is 5.78. The van der Waals surface area contributed by atoms with Crippen LogP contribution < -0.4 is 0 Å². The third-order valence-electron chi connectivity index (χ3n) is 2.31. The fraction of sp³-hybridized carbons (Fsp3) is 0.385. The number of esters is 1. The van der Waals surface area contributed by atoms with Gasteiger partial charge in [0.2, 0.25) is 0 Å².